The topological polar surface area (TPSA) is 119 Å². The first-order valence-corrected chi connectivity index (χ1v) is 7.29. The summed E-state index contributed by atoms with van der Waals surface area (Å²) in [7, 11) is 0. The summed E-state index contributed by atoms with van der Waals surface area (Å²) < 4.78 is 15.1. The molecule has 0 radical (unpaired) electrons. The van der Waals surface area contributed by atoms with Gasteiger partial charge in [0.1, 0.15) is 5.82 Å². The van der Waals surface area contributed by atoms with Crippen LogP contribution in [0.15, 0.2) is 36.7 Å². The number of carbonyl (C=O) groups is 1. The summed E-state index contributed by atoms with van der Waals surface area (Å²) in [5.41, 5.74) is 0.438. The second-order valence-corrected chi connectivity index (χ2v) is 5.34. The van der Waals surface area contributed by atoms with Gasteiger partial charge in [-0.05, 0) is 11.0 Å². The standard InChI is InChI=1S/C14H10ClFN6O3/c15-11-12(19-20-13(11)22(24)25)14(23)18-9-5-17-21(7-9)6-8-3-1-2-4-10(8)16/h1-5,7H,6H2,(H,18,23)(H,19,20). The highest BCUT2D eigenvalue weighted by Crippen LogP contribution is 2.25. The van der Waals surface area contributed by atoms with E-state index in [4.69, 9.17) is 11.6 Å². The van der Waals surface area contributed by atoms with Gasteiger partial charge in [0.2, 0.25) is 0 Å². The SMILES string of the molecule is O=C(Nc1cnn(Cc2ccccc2F)c1)c1n[nH]c([N+](=O)[O-])c1Cl. The molecule has 2 N–H and O–H groups in total. The molecule has 11 heteroatoms. The molecule has 0 atom stereocenters. The van der Waals surface area contributed by atoms with E-state index in [1.165, 1.54) is 23.1 Å². The van der Waals surface area contributed by atoms with E-state index in [-0.39, 0.29) is 23.1 Å². The highest BCUT2D eigenvalue weighted by Gasteiger charge is 2.25. The molecule has 0 unspecified atom stereocenters. The van der Waals surface area contributed by atoms with Crippen LogP contribution in [-0.2, 0) is 6.54 Å². The Morgan fingerprint density at radius 2 is 2.20 bits per heavy atom. The van der Waals surface area contributed by atoms with Crippen LogP contribution in [0.5, 0.6) is 0 Å². The van der Waals surface area contributed by atoms with E-state index >= 15 is 0 Å². The number of nitrogens with one attached hydrogen (secondary N) is 2. The minimum absolute atomic E-state index is 0.178. The molecule has 0 aliphatic heterocycles. The van der Waals surface area contributed by atoms with Gasteiger partial charge in [-0.15, -0.1) is 5.10 Å². The second kappa shape index (κ2) is 6.69. The lowest BCUT2D eigenvalue weighted by Crippen LogP contribution is -2.12. The van der Waals surface area contributed by atoms with Gasteiger partial charge in [0.05, 0.1) is 18.4 Å². The van der Waals surface area contributed by atoms with Gasteiger partial charge in [0.25, 0.3) is 5.91 Å². The fourth-order valence-electron chi connectivity index (χ4n) is 2.10. The molecule has 2 aromatic heterocycles. The van der Waals surface area contributed by atoms with Crippen LogP contribution in [0.3, 0.4) is 0 Å². The third-order valence-electron chi connectivity index (χ3n) is 3.27. The fraction of sp³-hybridized carbons (Fsp3) is 0.0714. The molecule has 0 bridgehead atoms. The Bertz CT molecular complexity index is 954. The molecule has 1 amide bonds. The van der Waals surface area contributed by atoms with Gasteiger partial charge >= 0.3 is 5.82 Å². The molecule has 0 aliphatic rings. The predicted molar refractivity (Wildman–Crippen MR) is 85.9 cm³/mol. The molecule has 0 spiro atoms. The molecule has 1 aromatic carbocycles. The maximum atomic E-state index is 13.6. The Hall–Kier alpha value is -3.27. The monoisotopic (exact) mass is 364 g/mol. The van der Waals surface area contributed by atoms with Crippen molar-refractivity contribution >= 4 is 29.0 Å². The first-order valence-electron chi connectivity index (χ1n) is 6.91. The van der Waals surface area contributed by atoms with Crippen LogP contribution in [0, 0.1) is 15.9 Å². The Morgan fingerprint density at radius 3 is 2.88 bits per heavy atom. The molecule has 0 saturated heterocycles. The summed E-state index contributed by atoms with van der Waals surface area (Å²) in [6.07, 6.45) is 2.84. The number of halogens is 2. The van der Waals surface area contributed by atoms with Crippen molar-refractivity contribution in [3.05, 3.63) is 68.9 Å². The number of aromatic nitrogens is 4. The summed E-state index contributed by atoms with van der Waals surface area (Å²) in [4.78, 5) is 22.0. The predicted octanol–water partition coefficient (Wildman–Crippen LogP) is 2.61. The van der Waals surface area contributed by atoms with Crippen molar-refractivity contribution in [3.8, 4) is 0 Å². The van der Waals surface area contributed by atoms with Crippen molar-refractivity contribution in [1.29, 1.82) is 0 Å². The minimum Gasteiger partial charge on any atom is -0.358 e. The first kappa shape index (κ1) is 16.6. The number of anilines is 1. The van der Waals surface area contributed by atoms with Crippen LogP contribution in [0.4, 0.5) is 15.9 Å². The van der Waals surface area contributed by atoms with Crippen molar-refractivity contribution in [1.82, 2.24) is 20.0 Å². The zero-order valence-corrected chi connectivity index (χ0v) is 13.2. The van der Waals surface area contributed by atoms with E-state index in [0.29, 0.717) is 11.3 Å². The summed E-state index contributed by atoms with van der Waals surface area (Å²) in [5.74, 6) is -1.67. The van der Waals surface area contributed by atoms with E-state index in [2.05, 4.69) is 20.6 Å². The number of aromatic amines is 1. The number of carbonyl (C=O) groups excluding carboxylic acids is 1. The zero-order chi connectivity index (χ0) is 18.0. The summed E-state index contributed by atoms with van der Waals surface area (Å²) in [5, 5.41) is 22.4. The molecule has 0 fully saturated rings. The maximum absolute atomic E-state index is 13.6. The number of amides is 1. The summed E-state index contributed by atoms with van der Waals surface area (Å²) >= 11 is 5.75. The quantitative estimate of drug-likeness (QED) is 0.532. The third-order valence-corrected chi connectivity index (χ3v) is 3.63. The molecule has 2 heterocycles. The smallest absolute Gasteiger partial charge is 0.358 e. The average molecular weight is 365 g/mol. The van der Waals surface area contributed by atoms with Gasteiger partial charge in [-0.1, -0.05) is 34.9 Å². The number of H-pyrrole nitrogens is 1. The Balaban J connectivity index is 1.72. The largest absolute Gasteiger partial charge is 0.362 e. The molecule has 128 valence electrons. The molecule has 3 aromatic rings. The van der Waals surface area contributed by atoms with E-state index in [9.17, 15) is 19.3 Å². The molecular weight excluding hydrogens is 355 g/mol. The minimum atomic E-state index is -0.779. The van der Waals surface area contributed by atoms with Crippen LogP contribution < -0.4 is 5.32 Å². The fourth-order valence-corrected chi connectivity index (χ4v) is 2.34. The normalized spacial score (nSPS) is 10.6. The van der Waals surface area contributed by atoms with Gasteiger partial charge in [-0.25, -0.2) is 4.39 Å². The first-order chi connectivity index (χ1) is 12.0. The number of nitro groups is 1. The van der Waals surface area contributed by atoms with E-state index < -0.39 is 16.6 Å². The van der Waals surface area contributed by atoms with Crippen molar-refractivity contribution in [3.63, 3.8) is 0 Å². The third kappa shape index (κ3) is 3.48. The highest BCUT2D eigenvalue weighted by molar-refractivity contribution is 6.35. The van der Waals surface area contributed by atoms with E-state index in [1.807, 2.05) is 0 Å². The zero-order valence-electron chi connectivity index (χ0n) is 12.4. The van der Waals surface area contributed by atoms with Crippen LogP contribution >= 0.6 is 11.6 Å². The lowest BCUT2D eigenvalue weighted by atomic mass is 10.2. The van der Waals surface area contributed by atoms with Crippen LogP contribution in [0.25, 0.3) is 0 Å². The molecular formula is C14H10ClFN6O3. The Morgan fingerprint density at radius 1 is 1.44 bits per heavy atom. The summed E-state index contributed by atoms with van der Waals surface area (Å²) in [6.45, 7) is 0.178. The number of benzene rings is 1. The van der Waals surface area contributed by atoms with Gasteiger partial charge < -0.3 is 15.4 Å². The van der Waals surface area contributed by atoms with Crippen LogP contribution in [0.2, 0.25) is 5.02 Å². The van der Waals surface area contributed by atoms with Gasteiger partial charge in [-0.3, -0.25) is 9.48 Å². The maximum Gasteiger partial charge on any atom is 0.362 e. The van der Waals surface area contributed by atoms with Gasteiger partial charge in [0, 0.05) is 11.8 Å². The number of hydrogen-bond acceptors (Lipinski definition) is 5. The number of hydrogen-bond donors (Lipinski definition) is 2. The lowest BCUT2D eigenvalue weighted by molar-refractivity contribution is -0.389. The van der Waals surface area contributed by atoms with Gasteiger partial charge in [0.15, 0.2) is 10.7 Å². The van der Waals surface area contributed by atoms with E-state index in [1.54, 1.807) is 18.2 Å². The molecule has 3 rings (SSSR count). The van der Waals surface area contributed by atoms with Crippen molar-refractivity contribution < 1.29 is 14.1 Å². The van der Waals surface area contributed by atoms with Crippen LogP contribution in [0.1, 0.15) is 16.1 Å². The average Bonchev–Trinajstić information content (AvgIpc) is 3.16. The van der Waals surface area contributed by atoms with Crippen molar-refractivity contribution in [2.24, 2.45) is 0 Å². The Kier molecular flexibility index (Phi) is 4.44. The Labute approximate surface area is 144 Å². The number of rotatable bonds is 5. The molecule has 25 heavy (non-hydrogen) atoms. The highest BCUT2D eigenvalue weighted by atomic mass is 35.5. The summed E-state index contributed by atoms with van der Waals surface area (Å²) in [6, 6.07) is 6.25. The number of nitrogens with zero attached hydrogens (tertiary/aromatic N) is 4. The lowest BCUT2D eigenvalue weighted by Gasteiger charge is -2.03. The molecule has 9 nitrogen and oxygen atoms in total. The van der Waals surface area contributed by atoms with Crippen molar-refractivity contribution in [2.45, 2.75) is 6.54 Å². The molecule has 0 aliphatic carbocycles. The van der Waals surface area contributed by atoms with Crippen molar-refractivity contribution in [2.75, 3.05) is 5.32 Å². The van der Waals surface area contributed by atoms with Gasteiger partial charge in [-0.2, -0.15) is 5.10 Å². The molecule has 0 saturated carbocycles. The van der Waals surface area contributed by atoms with E-state index in [0.717, 1.165) is 0 Å². The van der Waals surface area contributed by atoms with Crippen LogP contribution in [-0.4, -0.2) is 30.8 Å². The second-order valence-electron chi connectivity index (χ2n) is 4.96.